The smallest absolute Gasteiger partial charge is 0.291 e. The first-order valence-electron chi connectivity index (χ1n) is 10.4. The van der Waals surface area contributed by atoms with Crippen LogP contribution in [0.5, 0.6) is 0 Å². The van der Waals surface area contributed by atoms with Crippen LogP contribution in [-0.4, -0.2) is 44.0 Å². The number of likely N-dealkylation sites (tertiary alicyclic amines) is 1. The molecule has 0 radical (unpaired) electrons. The third-order valence-corrected chi connectivity index (χ3v) is 6.64. The molecular formula is C21H26ClN5O. The van der Waals surface area contributed by atoms with Gasteiger partial charge in [0.05, 0.1) is 16.2 Å². The van der Waals surface area contributed by atoms with Gasteiger partial charge in [-0.05, 0) is 62.0 Å². The number of rotatable bonds is 4. The van der Waals surface area contributed by atoms with E-state index in [9.17, 15) is 0 Å². The van der Waals surface area contributed by atoms with Gasteiger partial charge in [-0.3, -0.25) is 0 Å². The minimum Gasteiger partial charge on any atom is -0.337 e. The van der Waals surface area contributed by atoms with Crippen LogP contribution in [0.1, 0.15) is 69.4 Å². The Morgan fingerprint density at radius 3 is 2.61 bits per heavy atom. The van der Waals surface area contributed by atoms with Crippen molar-refractivity contribution < 1.29 is 4.52 Å². The summed E-state index contributed by atoms with van der Waals surface area (Å²) in [6.45, 7) is 6.50. The summed E-state index contributed by atoms with van der Waals surface area (Å²) in [4.78, 5) is 7.36. The van der Waals surface area contributed by atoms with Crippen LogP contribution in [0.15, 0.2) is 22.7 Å². The molecular weight excluding hydrogens is 374 g/mol. The summed E-state index contributed by atoms with van der Waals surface area (Å²) in [5, 5.41) is 10.7. The zero-order chi connectivity index (χ0) is 19.3. The summed E-state index contributed by atoms with van der Waals surface area (Å²) < 4.78 is 7.44. The topological polar surface area (TPSA) is 60.0 Å². The maximum Gasteiger partial charge on any atom is 0.291 e. The van der Waals surface area contributed by atoms with Gasteiger partial charge < -0.3 is 9.42 Å². The summed E-state index contributed by atoms with van der Waals surface area (Å²) >= 11 is 6.47. The second kappa shape index (κ2) is 7.16. The Hall–Kier alpha value is -1.92. The number of fused-ring (bicyclic) bond motifs is 1. The molecule has 3 aromatic rings. The highest BCUT2D eigenvalue weighted by Gasteiger charge is 2.31. The zero-order valence-electron chi connectivity index (χ0n) is 16.4. The fraction of sp³-hybridized carbons (Fsp3) is 0.571. The van der Waals surface area contributed by atoms with Crippen LogP contribution >= 0.6 is 11.6 Å². The molecule has 0 atom stereocenters. The van der Waals surface area contributed by atoms with Crippen molar-refractivity contribution in [2.24, 2.45) is 0 Å². The predicted molar refractivity (Wildman–Crippen MR) is 109 cm³/mol. The third kappa shape index (κ3) is 3.03. The molecule has 2 aromatic heterocycles. The van der Waals surface area contributed by atoms with Crippen LogP contribution in [-0.2, 0) is 0 Å². The van der Waals surface area contributed by atoms with Crippen LogP contribution in [0.2, 0.25) is 5.02 Å². The third-order valence-electron chi connectivity index (χ3n) is 6.32. The average molecular weight is 400 g/mol. The van der Waals surface area contributed by atoms with Crippen LogP contribution in [0.4, 0.5) is 0 Å². The van der Waals surface area contributed by atoms with E-state index in [1.165, 1.54) is 19.3 Å². The van der Waals surface area contributed by atoms with Gasteiger partial charge in [0.25, 0.3) is 5.95 Å². The summed E-state index contributed by atoms with van der Waals surface area (Å²) in [6.07, 6.45) is 6.28. The van der Waals surface area contributed by atoms with Gasteiger partial charge in [-0.2, -0.15) is 14.8 Å². The Morgan fingerprint density at radius 2 is 1.93 bits per heavy atom. The number of nitrogens with zero attached hydrogens (tertiary/aromatic N) is 5. The molecule has 0 bridgehead atoms. The normalized spacial score (nSPS) is 19.6. The molecule has 2 aliphatic rings. The molecule has 1 aromatic carbocycles. The van der Waals surface area contributed by atoms with Gasteiger partial charge in [0.2, 0.25) is 5.89 Å². The molecule has 1 saturated carbocycles. The summed E-state index contributed by atoms with van der Waals surface area (Å²) in [6, 6.07) is 6.66. The summed E-state index contributed by atoms with van der Waals surface area (Å²) in [7, 11) is 0. The van der Waals surface area contributed by atoms with E-state index in [-0.39, 0.29) is 5.92 Å². The quantitative estimate of drug-likeness (QED) is 0.623. The van der Waals surface area contributed by atoms with Crippen molar-refractivity contribution in [2.45, 2.75) is 63.8 Å². The molecule has 0 amide bonds. The van der Waals surface area contributed by atoms with Gasteiger partial charge in [-0.25, -0.2) is 0 Å². The van der Waals surface area contributed by atoms with E-state index in [2.05, 4.69) is 23.9 Å². The van der Waals surface area contributed by atoms with Gasteiger partial charge in [0.1, 0.15) is 0 Å². The van der Waals surface area contributed by atoms with E-state index in [1.807, 2.05) is 18.2 Å². The standard InChI is InChI=1S/C21H26ClN5O/c1-13(2)19-18-16(22)7-4-8-17(18)27(24-19)21-23-20(28-25-21)14-9-11-26(12-10-14)15-5-3-6-15/h4,7-8,13-15H,3,5-6,9-12H2,1-2H3. The molecule has 148 valence electrons. The van der Waals surface area contributed by atoms with Crippen molar-refractivity contribution in [3.63, 3.8) is 0 Å². The second-order valence-corrected chi connectivity index (χ2v) is 8.82. The van der Waals surface area contributed by atoms with Crippen molar-refractivity contribution in [2.75, 3.05) is 13.1 Å². The molecule has 7 heteroatoms. The number of piperidine rings is 1. The summed E-state index contributed by atoms with van der Waals surface area (Å²) in [5.41, 5.74) is 1.88. The Kier molecular flexibility index (Phi) is 4.63. The first-order chi connectivity index (χ1) is 13.6. The lowest BCUT2D eigenvalue weighted by Gasteiger charge is -2.41. The van der Waals surface area contributed by atoms with E-state index < -0.39 is 0 Å². The highest BCUT2D eigenvalue weighted by atomic mass is 35.5. The molecule has 1 aliphatic carbocycles. The Morgan fingerprint density at radius 1 is 1.14 bits per heavy atom. The van der Waals surface area contributed by atoms with Crippen LogP contribution < -0.4 is 0 Å². The van der Waals surface area contributed by atoms with Crippen molar-refractivity contribution >= 4 is 22.5 Å². The van der Waals surface area contributed by atoms with Gasteiger partial charge in [0, 0.05) is 17.3 Å². The van der Waals surface area contributed by atoms with E-state index in [0.717, 1.165) is 54.5 Å². The number of hydrogen-bond acceptors (Lipinski definition) is 5. The molecule has 1 saturated heterocycles. The SMILES string of the molecule is CC(C)c1nn(-c2noc(C3CCN(C4CCC4)CC3)n2)c2cccc(Cl)c12. The number of benzene rings is 1. The molecule has 0 spiro atoms. The van der Waals surface area contributed by atoms with Crippen molar-refractivity contribution in [1.29, 1.82) is 0 Å². The molecule has 0 N–H and O–H groups in total. The van der Waals surface area contributed by atoms with E-state index in [0.29, 0.717) is 16.9 Å². The van der Waals surface area contributed by atoms with Crippen molar-refractivity contribution in [3.05, 3.63) is 34.8 Å². The lowest BCUT2D eigenvalue weighted by atomic mass is 9.88. The minimum atomic E-state index is 0.255. The molecule has 3 heterocycles. The lowest BCUT2D eigenvalue weighted by molar-refractivity contribution is 0.0923. The van der Waals surface area contributed by atoms with Crippen LogP contribution in [0, 0.1) is 0 Å². The van der Waals surface area contributed by atoms with Crippen LogP contribution in [0.25, 0.3) is 16.9 Å². The Labute approximate surface area is 169 Å². The first kappa shape index (κ1) is 18.1. The second-order valence-electron chi connectivity index (χ2n) is 8.41. The van der Waals surface area contributed by atoms with E-state index in [1.54, 1.807) is 4.68 Å². The average Bonchev–Trinajstić information content (AvgIpc) is 3.26. The van der Waals surface area contributed by atoms with Gasteiger partial charge in [0.15, 0.2) is 0 Å². The van der Waals surface area contributed by atoms with Crippen molar-refractivity contribution in [3.8, 4) is 5.95 Å². The monoisotopic (exact) mass is 399 g/mol. The zero-order valence-corrected chi connectivity index (χ0v) is 17.2. The molecule has 28 heavy (non-hydrogen) atoms. The Bertz CT molecular complexity index is 982. The van der Waals surface area contributed by atoms with E-state index in [4.69, 9.17) is 26.2 Å². The molecule has 1 aliphatic heterocycles. The number of aromatic nitrogens is 4. The lowest BCUT2D eigenvalue weighted by Crippen LogP contribution is -2.44. The predicted octanol–water partition coefficient (Wildman–Crippen LogP) is 4.92. The Balaban J connectivity index is 1.41. The fourth-order valence-corrected chi connectivity index (χ4v) is 4.72. The van der Waals surface area contributed by atoms with Gasteiger partial charge in [-0.1, -0.05) is 37.9 Å². The maximum absolute atomic E-state index is 6.47. The highest BCUT2D eigenvalue weighted by Crippen LogP contribution is 2.34. The first-order valence-corrected chi connectivity index (χ1v) is 10.7. The molecule has 6 nitrogen and oxygen atoms in total. The number of halogens is 1. The largest absolute Gasteiger partial charge is 0.337 e. The minimum absolute atomic E-state index is 0.255. The maximum atomic E-state index is 6.47. The number of hydrogen-bond donors (Lipinski definition) is 0. The fourth-order valence-electron chi connectivity index (χ4n) is 4.45. The van der Waals surface area contributed by atoms with Gasteiger partial charge >= 0.3 is 0 Å². The summed E-state index contributed by atoms with van der Waals surface area (Å²) in [5.74, 6) is 1.83. The molecule has 5 rings (SSSR count). The molecule has 0 unspecified atom stereocenters. The van der Waals surface area contributed by atoms with Crippen LogP contribution in [0.3, 0.4) is 0 Å². The molecule has 2 fully saturated rings. The highest BCUT2D eigenvalue weighted by molar-refractivity contribution is 6.35. The van der Waals surface area contributed by atoms with Crippen molar-refractivity contribution in [1.82, 2.24) is 24.8 Å². The van der Waals surface area contributed by atoms with E-state index >= 15 is 0 Å². The van der Waals surface area contributed by atoms with Gasteiger partial charge in [-0.15, -0.1) is 0 Å².